The van der Waals surface area contributed by atoms with Gasteiger partial charge in [0.1, 0.15) is 11.9 Å². The minimum Gasteiger partial charge on any atom is -0.439 e. The molecule has 3 rings (SSSR count). The fourth-order valence-corrected chi connectivity index (χ4v) is 2.54. The predicted molar refractivity (Wildman–Crippen MR) is 107 cm³/mol. The molecule has 1 heterocycles. The molecule has 2 aromatic carbocycles. The minimum absolute atomic E-state index is 0.108. The van der Waals surface area contributed by atoms with E-state index < -0.39 is 4.92 Å². The van der Waals surface area contributed by atoms with Crippen molar-refractivity contribution in [3.8, 4) is 11.6 Å². The van der Waals surface area contributed by atoms with Crippen molar-refractivity contribution in [1.82, 2.24) is 10.4 Å². The Morgan fingerprint density at radius 1 is 1.18 bits per heavy atom. The second-order valence-corrected chi connectivity index (χ2v) is 6.41. The highest BCUT2D eigenvalue weighted by Crippen LogP contribution is 2.21. The van der Waals surface area contributed by atoms with Crippen molar-refractivity contribution in [2.24, 2.45) is 5.10 Å². The number of ether oxygens (including phenoxy) is 1. The van der Waals surface area contributed by atoms with E-state index in [0.717, 1.165) is 16.2 Å². The van der Waals surface area contributed by atoms with Gasteiger partial charge in [0.05, 0.1) is 11.1 Å². The first-order valence-electron chi connectivity index (χ1n) is 7.98. The second kappa shape index (κ2) is 8.87. The molecule has 1 amide bonds. The largest absolute Gasteiger partial charge is 0.439 e. The van der Waals surface area contributed by atoms with Crippen LogP contribution in [0.2, 0.25) is 0 Å². The van der Waals surface area contributed by atoms with E-state index in [9.17, 15) is 14.9 Å². The average Bonchev–Trinajstić information content (AvgIpc) is 2.69. The molecule has 140 valence electrons. The van der Waals surface area contributed by atoms with Gasteiger partial charge in [0.15, 0.2) is 0 Å². The Morgan fingerprint density at radius 2 is 1.96 bits per heavy atom. The number of carbonyl (C=O) groups excluding carboxylic acids is 1. The van der Waals surface area contributed by atoms with E-state index in [2.05, 4.69) is 31.4 Å². The van der Waals surface area contributed by atoms with Crippen molar-refractivity contribution in [2.75, 3.05) is 0 Å². The van der Waals surface area contributed by atoms with E-state index in [0.29, 0.717) is 11.3 Å². The number of hydrazone groups is 1. The van der Waals surface area contributed by atoms with E-state index in [1.54, 1.807) is 42.5 Å². The van der Waals surface area contributed by atoms with E-state index in [1.807, 2.05) is 6.07 Å². The fraction of sp³-hybridized carbons (Fsp3) is 0. The lowest BCUT2D eigenvalue weighted by atomic mass is 10.2. The van der Waals surface area contributed by atoms with E-state index in [4.69, 9.17) is 4.74 Å². The van der Waals surface area contributed by atoms with E-state index in [1.165, 1.54) is 18.3 Å². The van der Waals surface area contributed by atoms with Gasteiger partial charge in [-0.05, 0) is 48.0 Å². The summed E-state index contributed by atoms with van der Waals surface area (Å²) in [6.45, 7) is 0. The third-order valence-corrected chi connectivity index (χ3v) is 3.99. The Morgan fingerprint density at radius 3 is 2.61 bits per heavy atom. The number of carbonyl (C=O) groups is 1. The van der Waals surface area contributed by atoms with Crippen LogP contribution in [0.1, 0.15) is 15.9 Å². The smallest absolute Gasteiger partial charge is 0.287 e. The van der Waals surface area contributed by atoms with Gasteiger partial charge in [-0.2, -0.15) is 5.10 Å². The van der Waals surface area contributed by atoms with Crippen molar-refractivity contribution in [3.63, 3.8) is 0 Å². The molecule has 0 radical (unpaired) electrons. The molecule has 0 saturated heterocycles. The Bertz CT molecular complexity index is 1020. The summed E-state index contributed by atoms with van der Waals surface area (Å²) < 4.78 is 6.34. The molecule has 0 spiro atoms. The van der Waals surface area contributed by atoms with Crippen LogP contribution in [0.3, 0.4) is 0 Å². The van der Waals surface area contributed by atoms with Gasteiger partial charge in [0.25, 0.3) is 11.6 Å². The maximum absolute atomic E-state index is 12.0. The van der Waals surface area contributed by atoms with Gasteiger partial charge in [0, 0.05) is 22.2 Å². The monoisotopic (exact) mass is 440 g/mol. The highest BCUT2D eigenvalue weighted by Gasteiger charge is 2.06. The Hall–Kier alpha value is -3.59. The topological polar surface area (TPSA) is 107 Å². The van der Waals surface area contributed by atoms with Crippen LogP contribution in [-0.4, -0.2) is 22.0 Å². The Kier molecular flexibility index (Phi) is 6.07. The van der Waals surface area contributed by atoms with Gasteiger partial charge in [-0.3, -0.25) is 14.9 Å². The van der Waals surface area contributed by atoms with Crippen LogP contribution in [0, 0.1) is 10.1 Å². The molecule has 0 aliphatic rings. The van der Waals surface area contributed by atoms with Gasteiger partial charge < -0.3 is 4.74 Å². The molecule has 0 aliphatic heterocycles. The SMILES string of the molecule is O=C(N/N=C/c1ccc(Oc2ccc([N+](=O)[O-])cn2)cc1)c1cccc(Br)c1. The lowest BCUT2D eigenvalue weighted by Gasteiger charge is -2.04. The zero-order valence-corrected chi connectivity index (χ0v) is 15.9. The first-order valence-corrected chi connectivity index (χ1v) is 8.78. The van der Waals surface area contributed by atoms with E-state index >= 15 is 0 Å². The molecule has 0 fully saturated rings. The Balaban J connectivity index is 1.57. The number of hydrogen-bond donors (Lipinski definition) is 1. The summed E-state index contributed by atoms with van der Waals surface area (Å²) >= 11 is 3.31. The average molecular weight is 441 g/mol. The number of halogens is 1. The normalized spacial score (nSPS) is 10.6. The van der Waals surface area contributed by atoms with Gasteiger partial charge in [-0.15, -0.1) is 0 Å². The molecule has 0 aliphatic carbocycles. The van der Waals surface area contributed by atoms with Crippen molar-refractivity contribution in [3.05, 3.63) is 92.6 Å². The summed E-state index contributed by atoms with van der Waals surface area (Å²) in [6.07, 6.45) is 2.63. The van der Waals surface area contributed by atoms with Crippen LogP contribution in [-0.2, 0) is 0 Å². The van der Waals surface area contributed by atoms with Gasteiger partial charge in [-0.25, -0.2) is 10.4 Å². The summed E-state index contributed by atoms with van der Waals surface area (Å²) in [7, 11) is 0. The molecule has 8 nitrogen and oxygen atoms in total. The molecule has 0 atom stereocenters. The first kappa shape index (κ1) is 19.2. The van der Waals surface area contributed by atoms with Gasteiger partial charge in [-0.1, -0.05) is 22.0 Å². The molecule has 1 N–H and O–H groups in total. The maximum atomic E-state index is 12.0. The van der Waals surface area contributed by atoms with Gasteiger partial charge in [0.2, 0.25) is 5.88 Å². The second-order valence-electron chi connectivity index (χ2n) is 5.49. The van der Waals surface area contributed by atoms with Crippen molar-refractivity contribution >= 4 is 33.7 Å². The number of pyridine rings is 1. The molecule has 28 heavy (non-hydrogen) atoms. The molecular formula is C19H13BrN4O4. The minimum atomic E-state index is -0.527. The standard InChI is InChI=1S/C19H13BrN4O4/c20-15-3-1-2-14(10-15)19(25)23-22-11-13-4-7-17(8-5-13)28-18-9-6-16(12-21-18)24(26)27/h1-12H,(H,23,25)/b22-11+. The van der Waals surface area contributed by atoms with Crippen molar-refractivity contribution < 1.29 is 14.5 Å². The summed E-state index contributed by atoms with van der Waals surface area (Å²) in [5.41, 5.74) is 3.59. The van der Waals surface area contributed by atoms with Crippen LogP contribution in [0.15, 0.2) is 76.4 Å². The number of nitrogens with zero attached hydrogens (tertiary/aromatic N) is 3. The fourth-order valence-electron chi connectivity index (χ4n) is 2.14. The summed E-state index contributed by atoms with van der Waals surface area (Å²) in [5, 5.41) is 14.5. The van der Waals surface area contributed by atoms with Crippen LogP contribution < -0.4 is 10.2 Å². The van der Waals surface area contributed by atoms with Crippen molar-refractivity contribution in [2.45, 2.75) is 0 Å². The first-order chi connectivity index (χ1) is 13.5. The number of benzene rings is 2. The van der Waals surface area contributed by atoms with Crippen LogP contribution >= 0.6 is 15.9 Å². The van der Waals surface area contributed by atoms with Crippen LogP contribution in [0.4, 0.5) is 5.69 Å². The van der Waals surface area contributed by atoms with Gasteiger partial charge >= 0.3 is 0 Å². The highest BCUT2D eigenvalue weighted by atomic mass is 79.9. The number of nitrogens with one attached hydrogen (secondary N) is 1. The quantitative estimate of drug-likeness (QED) is 0.349. The number of nitro groups is 1. The van der Waals surface area contributed by atoms with Crippen LogP contribution in [0.5, 0.6) is 11.6 Å². The lowest BCUT2D eigenvalue weighted by molar-refractivity contribution is -0.385. The van der Waals surface area contributed by atoms with Crippen LogP contribution in [0.25, 0.3) is 0 Å². The third kappa shape index (κ3) is 5.21. The van der Waals surface area contributed by atoms with Crippen molar-refractivity contribution in [1.29, 1.82) is 0 Å². The summed E-state index contributed by atoms with van der Waals surface area (Å²) in [4.78, 5) is 26.0. The Labute approximate surface area is 168 Å². The molecule has 9 heteroatoms. The third-order valence-electron chi connectivity index (χ3n) is 3.50. The lowest BCUT2D eigenvalue weighted by Crippen LogP contribution is -2.17. The molecular weight excluding hydrogens is 428 g/mol. The number of aromatic nitrogens is 1. The predicted octanol–water partition coefficient (Wildman–Crippen LogP) is 4.31. The molecule has 0 unspecified atom stereocenters. The molecule has 0 bridgehead atoms. The molecule has 3 aromatic rings. The molecule has 1 aromatic heterocycles. The zero-order valence-electron chi connectivity index (χ0n) is 14.3. The number of amides is 1. The zero-order chi connectivity index (χ0) is 19.9. The summed E-state index contributed by atoms with van der Waals surface area (Å²) in [6, 6.07) is 16.6. The molecule has 0 saturated carbocycles. The summed E-state index contributed by atoms with van der Waals surface area (Å²) in [5.74, 6) is 0.437. The maximum Gasteiger partial charge on any atom is 0.287 e. The number of hydrogen-bond acceptors (Lipinski definition) is 6. The highest BCUT2D eigenvalue weighted by molar-refractivity contribution is 9.10. The van der Waals surface area contributed by atoms with E-state index in [-0.39, 0.29) is 17.5 Å². The number of rotatable bonds is 6.